The largest absolute Gasteiger partial charge is 0.379 e. The van der Waals surface area contributed by atoms with E-state index in [9.17, 15) is 14.4 Å². The molecule has 0 aromatic heterocycles. The Morgan fingerprint density at radius 3 is 2.60 bits per heavy atom. The van der Waals surface area contributed by atoms with Crippen molar-refractivity contribution in [3.63, 3.8) is 0 Å². The van der Waals surface area contributed by atoms with Crippen LogP contribution in [-0.4, -0.2) is 42.5 Å². The van der Waals surface area contributed by atoms with Gasteiger partial charge in [-0.1, -0.05) is 18.9 Å². The third-order valence-electron chi connectivity index (χ3n) is 3.94. The van der Waals surface area contributed by atoms with Gasteiger partial charge in [-0.25, -0.2) is 4.79 Å². The first-order valence-electron chi connectivity index (χ1n) is 6.98. The first-order chi connectivity index (χ1) is 9.62. The van der Waals surface area contributed by atoms with E-state index >= 15 is 0 Å². The highest BCUT2D eigenvalue weighted by Gasteiger charge is 2.54. The fourth-order valence-electron chi connectivity index (χ4n) is 2.78. The quantitative estimate of drug-likeness (QED) is 0.451. The van der Waals surface area contributed by atoms with Crippen molar-refractivity contribution in [1.29, 1.82) is 0 Å². The molecule has 1 N–H and O–H groups in total. The van der Waals surface area contributed by atoms with Crippen LogP contribution in [0.4, 0.5) is 4.79 Å². The molecule has 20 heavy (non-hydrogen) atoms. The normalized spacial score (nSPS) is 21.4. The Morgan fingerprint density at radius 1 is 1.25 bits per heavy atom. The lowest BCUT2D eigenvalue weighted by Crippen LogP contribution is -2.63. The molecular weight excluding hydrogens is 260 g/mol. The zero-order chi connectivity index (χ0) is 14.6. The molecule has 1 saturated heterocycles. The molecule has 1 heterocycles. The summed E-state index contributed by atoms with van der Waals surface area (Å²) in [6.07, 6.45) is 5.21. The smallest absolute Gasteiger partial charge is 0.330 e. The molecule has 0 unspecified atom stereocenters. The monoisotopic (exact) mass is 280 g/mol. The summed E-state index contributed by atoms with van der Waals surface area (Å²) >= 11 is 0. The second-order valence-electron chi connectivity index (χ2n) is 5.20. The molecule has 1 aliphatic carbocycles. The molecule has 0 atom stereocenters. The zero-order valence-corrected chi connectivity index (χ0v) is 11.5. The lowest BCUT2D eigenvalue weighted by molar-refractivity contribution is -0.151. The Labute approximate surface area is 118 Å². The Balaban J connectivity index is 1.97. The van der Waals surface area contributed by atoms with Crippen LogP contribution in [0.2, 0.25) is 0 Å². The highest BCUT2D eigenvalue weighted by Crippen LogP contribution is 2.41. The number of carbonyl (C=O) groups excluding carboxylic acids is 3. The van der Waals surface area contributed by atoms with E-state index in [-0.39, 0.29) is 19.1 Å². The van der Waals surface area contributed by atoms with Crippen LogP contribution >= 0.6 is 0 Å². The number of amides is 4. The van der Waals surface area contributed by atoms with Gasteiger partial charge in [0.15, 0.2) is 0 Å². The van der Waals surface area contributed by atoms with Gasteiger partial charge in [-0.2, -0.15) is 0 Å². The lowest BCUT2D eigenvalue weighted by Gasteiger charge is -2.36. The third-order valence-corrected chi connectivity index (χ3v) is 3.94. The summed E-state index contributed by atoms with van der Waals surface area (Å²) in [5, 5.41) is 2.30. The van der Waals surface area contributed by atoms with Gasteiger partial charge in [0.05, 0.1) is 19.8 Å². The van der Waals surface area contributed by atoms with Crippen LogP contribution < -0.4 is 5.32 Å². The summed E-state index contributed by atoms with van der Waals surface area (Å²) in [4.78, 5) is 37.3. The SMILES string of the molecule is C=CCCOCCN1C(=O)NC(=O)C2(CCCC2)C1=O. The third kappa shape index (κ3) is 2.60. The number of hydrogen-bond donors (Lipinski definition) is 1. The number of barbiturate groups is 1. The summed E-state index contributed by atoms with van der Waals surface area (Å²) in [6, 6.07) is -0.634. The number of imide groups is 2. The number of nitrogens with zero attached hydrogens (tertiary/aromatic N) is 1. The lowest BCUT2D eigenvalue weighted by atomic mass is 9.82. The van der Waals surface area contributed by atoms with Crippen LogP contribution in [-0.2, 0) is 14.3 Å². The van der Waals surface area contributed by atoms with Crippen molar-refractivity contribution in [2.24, 2.45) is 5.41 Å². The highest BCUT2D eigenvalue weighted by atomic mass is 16.5. The summed E-state index contributed by atoms with van der Waals surface area (Å²) in [6.45, 7) is 4.55. The Bertz CT molecular complexity index is 427. The topological polar surface area (TPSA) is 75.7 Å². The zero-order valence-electron chi connectivity index (χ0n) is 11.5. The summed E-state index contributed by atoms with van der Waals surface area (Å²) in [5.74, 6) is -0.801. The first-order valence-corrected chi connectivity index (χ1v) is 6.98. The molecule has 4 amide bonds. The van der Waals surface area contributed by atoms with Gasteiger partial charge in [0.25, 0.3) is 0 Å². The minimum Gasteiger partial charge on any atom is -0.379 e. The van der Waals surface area contributed by atoms with Crippen LogP contribution in [0.3, 0.4) is 0 Å². The Morgan fingerprint density at radius 2 is 1.95 bits per heavy atom. The average molecular weight is 280 g/mol. The van der Waals surface area contributed by atoms with Crippen molar-refractivity contribution in [1.82, 2.24) is 10.2 Å². The standard InChI is InChI=1S/C14H20N2O4/c1-2-3-9-20-10-8-16-12(18)14(6-4-5-7-14)11(17)15-13(16)19/h2H,1,3-10H2,(H,15,17,19). The molecule has 2 fully saturated rings. The van der Waals surface area contributed by atoms with Crippen molar-refractivity contribution in [2.75, 3.05) is 19.8 Å². The number of rotatable bonds is 6. The minimum atomic E-state index is -1.02. The Kier molecular flexibility index (Phi) is 4.54. The van der Waals surface area contributed by atoms with Gasteiger partial charge in [0.2, 0.25) is 11.8 Å². The molecule has 110 valence electrons. The Hall–Kier alpha value is -1.69. The molecule has 0 aromatic rings. The fraction of sp³-hybridized carbons (Fsp3) is 0.643. The number of nitrogens with one attached hydrogen (secondary N) is 1. The average Bonchev–Trinajstić information content (AvgIpc) is 2.91. The molecular formula is C14H20N2O4. The fourth-order valence-corrected chi connectivity index (χ4v) is 2.78. The van der Waals surface area contributed by atoms with Gasteiger partial charge in [-0.05, 0) is 19.3 Å². The van der Waals surface area contributed by atoms with E-state index in [4.69, 9.17) is 4.74 Å². The van der Waals surface area contributed by atoms with Crippen molar-refractivity contribution >= 4 is 17.8 Å². The van der Waals surface area contributed by atoms with Crippen molar-refractivity contribution in [2.45, 2.75) is 32.1 Å². The maximum Gasteiger partial charge on any atom is 0.330 e. The molecule has 0 bridgehead atoms. The van der Waals surface area contributed by atoms with Crippen LogP contribution in [0.15, 0.2) is 12.7 Å². The van der Waals surface area contributed by atoms with Gasteiger partial charge in [-0.3, -0.25) is 19.8 Å². The van der Waals surface area contributed by atoms with Crippen molar-refractivity contribution < 1.29 is 19.1 Å². The molecule has 0 aromatic carbocycles. The first kappa shape index (κ1) is 14.7. The molecule has 2 aliphatic rings. The van der Waals surface area contributed by atoms with Crippen LogP contribution in [0.25, 0.3) is 0 Å². The number of carbonyl (C=O) groups is 3. The minimum absolute atomic E-state index is 0.177. The van der Waals surface area contributed by atoms with Gasteiger partial charge in [0, 0.05) is 0 Å². The highest BCUT2D eigenvalue weighted by molar-refractivity contribution is 6.19. The summed E-state index contributed by atoms with van der Waals surface area (Å²) in [7, 11) is 0. The molecule has 1 aliphatic heterocycles. The summed E-state index contributed by atoms with van der Waals surface area (Å²) in [5.41, 5.74) is -1.02. The molecule has 1 spiro atoms. The van der Waals surface area contributed by atoms with Gasteiger partial charge in [-0.15, -0.1) is 6.58 Å². The van der Waals surface area contributed by atoms with Gasteiger partial charge >= 0.3 is 6.03 Å². The predicted octanol–water partition coefficient (Wildman–Crippen LogP) is 1.22. The van der Waals surface area contributed by atoms with E-state index in [0.717, 1.165) is 24.2 Å². The number of hydrogen-bond acceptors (Lipinski definition) is 4. The van der Waals surface area contributed by atoms with Crippen LogP contribution in [0, 0.1) is 5.41 Å². The molecule has 1 saturated carbocycles. The number of ether oxygens (including phenoxy) is 1. The summed E-state index contributed by atoms with van der Waals surface area (Å²) < 4.78 is 5.32. The van der Waals surface area contributed by atoms with E-state index in [0.29, 0.717) is 19.4 Å². The van der Waals surface area contributed by atoms with Crippen molar-refractivity contribution in [3.05, 3.63) is 12.7 Å². The molecule has 6 heteroatoms. The van der Waals surface area contributed by atoms with E-state index in [1.807, 2.05) is 0 Å². The predicted molar refractivity (Wildman–Crippen MR) is 71.8 cm³/mol. The second kappa shape index (κ2) is 6.17. The molecule has 6 nitrogen and oxygen atoms in total. The van der Waals surface area contributed by atoms with Crippen LogP contribution in [0.1, 0.15) is 32.1 Å². The van der Waals surface area contributed by atoms with Gasteiger partial charge in [0.1, 0.15) is 5.41 Å². The molecule has 0 radical (unpaired) electrons. The maximum atomic E-state index is 12.5. The van der Waals surface area contributed by atoms with E-state index in [1.54, 1.807) is 6.08 Å². The second-order valence-corrected chi connectivity index (χ2v) is 5.20. The maximum absolute atomic E-state index is 12.5. The molecule has 2 rings (SSSR count). The van der Waals surface area contributed by atoms with Crippen molar-refractivity contribution in [3.8, 4) is 0 Å². The van der Waals surface area contributed by atoms with E-state index in [2.05, 4.69) is 11.9 Å². The number of urea groups is 1. The van der Waals surface area contributed by atoms with Crippen LogP contribution in [0.5, 0.6) is 0 Å². The van der Waals surface area contributed by atoms with E-state index in [1.165, 1.54) is 0 Å². The van der Waals surface area contributed by atoms with E-state index < -0.39 is 17.4 Å². The van der Waals surface area contributed by atoms with Gasteiger partial charge < -0.3 is 4.74 Å².